The number of hydrogen-bond donors (Lipinski definition) is 1. The largest absolute Gasteiger partial charge is 0.387 e. The zero-order valence-electron chi connectivity index (χ0n) is 12.4. The Balaban J connectivity index is 1.52. The van der Waals surface area contributed by atoms with Gasteiger partial charge in [0.05, 0.1) is 11.1 Å². The van der Waals surface area contributed by atoms with Crippen molar-refractivity contribution < 1.29 is 5.11 Å². The van der Waals surface area contributed by atoms with Crippen LogP contribution in [0.2, 0.25) is 0 Å². The fourth-order valence-electron chi connectivity index (χ4n) is 2.95. The van der Waals surface area contributed by atoms with Crippen molar-refractivity contribution in [3.63, 3.8) is 0 Å². The summed E-state index contributed by atoms with van der Waals surface area (Å²) in [5, 5.41) is 13.7. The zero-order valence-corrected chi connectivity index (χ0v) is 13.2. The molecule has 0 amide bonds. The Bertz CT molecular complexity index is 561. The number of aliphatic hydroxyl groups is 1. The van der Waals surface area contributed by atoms with Crippen LogP contribution in [0.1, 0.15) is 41.1 Å². The highest BCUT2D eigenvalue weighted by Crippen LogP contribution is 2.30. The molecule has 4 heteroatoms. The molecule has 21 heavy (non-hydrogen) atoms. The van der Waals surface area contributed by atoms with Gasteiger partial charge < -0.3 is 10.0 Å². The molecule has 0 saturated carbocycles. The molecule has 0 spiro atoms. The second kappa shape index (κ2) is 6.69. The fraction of sp³-hybridized carbons (Fsp3) is 0.471. The van der Waals surface area contributed by atoms with E-state index in [0.717, 1.165) is 43.7 Å². The number of thiazole rings is 1. The number of benzene rings is 1. The maximum atomic E-state index is 10.3. The van der Waals surface area contributed by atoms with E-state index in [-0.39, 0.29) is 6.10 Å². The Morgan fingerprint density at radius 2 is 2.00 bits per heavy atom. The van der Waals surface area contributed by atoms with Crippen molar-refractivity contribution >= 4 is 11.3 Å². The van der Waals surface area contributed by atoms with Crippen LogP contribution in [-0.4, -0.2) is 34.6 Å². The van der Waals surface area contributed by atoms with E-state index >= 15 is 0 Å². The molecular weight excluding hydrogens is 280 g/mol. The van der Waals surface area contributed by atoms with Gasteiger partial charge in [0, 0.05) is 23.5 Å². The molecule has 0 bridgehead atoms. The quantitative estimate of drug-likeness (QED) is 0.941. The topological polar surface area (TPSA) is 36.4 Å². The zero-order chi connectivity index (χ0) is 14.7. The van der Waals surface area contributed by atoms with E-state index in [9.17, 15) is 5.11 Å². The van der Waals surface area contributed by atoms with Crippen LogP contribution in [-0.2, 0) is 0 Å². The van der Waals surface area contributed by atoms with Crippen LogP contribution in [0.15, 0.2) is 35.7 Å². The first-order valence-corrected chi connectivity index (χ1v) is 8.48. The first kappa shape index (κ1) is 14.7. The standard InChI is InChI=1S/C17H22N2OS/c1-13-12-21-17(18-13)15-7-9-19(10-8-15)11-16(20)14-5-3-2-4-6-14/h2-6,12,15-16,20H,7-11H2,1H3. The molecule has 3 rings (SSSR count). The lowest BCUT2D eigenvalue weighted by Gasteiger charge is -2.32. The molecule has 1 N–H and O–H groups in total. The summed E-state index contributed by atoms with van der Waals surface area (Å²) in [7, 11) is 0. The molecule has 1 saturated heterocycles. The van der Waals surface area contributed by atoms with E-state index in [2.05, 4.69) is 22.2 Å². The van der Waals surface area contributed by atoms with Crippen LogP contribution in [0.25, 0.3) is 0 Å². The van der Waals surface area contributed by atoms with Crippen LogP contribution < -0.4 is 0 Å². The molecule has 3 nitrogen and oxygen atoms in total. The lowest BCUT2D eigenvalue weighted by atomic mass is 9.97. The van der Waals surface area contributed by atoms with Gasteiger partial charge in [-0.05, 0) is 38.4 Å². The minimum atomic E-state index is -0.384. The van der Waals surface area contributed by atoms with E-state index in [4.69, 9.17) is 0 Å². The number of piperidine rings is 1. The minimum absolute atomic E-state index is 0.384. The Kier molecular flexibility index (Phi) is 4.68. The number of aryl methyl sites for hydroxylation is 1. The maximum Gasteiger partial charge on any atom is 0.0960 e. The highest BCUT2D eigenvalue weighted by molar-refractivity contribution is 7.09. The summed E-state index contributed by atoms with van der Waals surface area (Å²) in [6.07, 6.45) is 1.91. The van der Waals surface area contributed by atoms with Crippen LogP contribution in [0.4, 0.5) is 0 Å². The van der Waals surface area contributed by atoms with E-state index in [1.54, 1.807) is 11.3 Å². The first-order chi connectivity index (χ1) is 10.2. The van der Waals surface area contributed by atoms with Crippen LogP contribution in [0.3, 0.4) is 0 Å². The summed E-state index contributed by atoms with van der Waals surface area (Å²) in [5.41, 5.74) is 2.15. The Morgan fingerprint density at radius 1 is 1.29 bits per heavy atom. The molecule has 1 fully saturated rings. The van der Waals surface area contributed by atoms with Crippen LogP contribution in [0, 0.1) is 6.92 Å². The summed E-state index contributed by atoms with van der Waals surface area (Å²) in [6.45, 7) is 4.89. The normalized spacial score (nSPS) is 18.8. The van der Waals surface area contributed by atoms with E-state index in [0.29, 0.717) is 5.92 Å². The average molecular weight is 302 g/mol. The number of β-amino-alcohol motifs (C(OH)–C–C–N with tert-alkyl or cyclic N) is 1. The number of rotatable bonds is 4. The molecule has 1 aliphatic heterocycles. The highest BCUT2D eigenvalue weighted by Gasteiger charge is 2.24. The summed E-state index contributed by atoms with van der Waals surface area (Å²) < 4.78 is 0. The summed E-state index contributed by atoms with van der Waals surface area (Å²) in [5.74, 6) is 0.605. The third-order valence-electron chi connectivity index (χ3n) is 4.19. The Hall–Kier alpha value is -1.23. The van der Waals surface area contributed by atoms with Gasteiger partial charge in [0.2, 0.25) is 0 Å². The fourth-order valence-corrected chi connectivity index (χ4v) is 3.92. The van der Waals surface area contributed by atoms with Gasteiger partial charge >= 0.3 is 0 Å². The molecule has 0 radical (unpaired) electrons. The van der Waals surface area contributed by atoms with Gasteiger partial charge in [-0.25, -0.2) is 4.98 Å². The molecule has 1 aromatic heterocycles. The second-order valence-corrected chi connectivity index (χ2v) is 6.72. The van der Waals surface area contributed by atoms with Gasteiger partial charge in [-0.3, -0.25) is 0 Å². The lowest BCUT2D eigenvalue weighted by molar-refractivity contribution is 0.0972. The van der Waals surface area contributed by atoms with E-state index in [1.165, 1.54) is 5.01 Å². The van der Waals surface area contributed by atoms with Crippen molar-refractivity contribution in [3.05, 3.63) is 52.0 Å². The molecule has 1 atom stereocenters. The molecule has 112 valence electrons. The van der Waals surface area contributed by atoms with Crippen LogP contribution >= 0.6 is 11.3 Å². The van der Waals surface area contributed by atoms with Gasteiger partial charge in [-0.15, -0.1) is 11.3 Å². The molecule has 0 aliphatic carbocycles. The van der Waals surface area contributed by atoms with E-state index < -0.39 is 0 Å². The molecular formula is C17H22N2OS. The Morgan fingerprint density at radius 3 is 2.62 bits per heavy atom. The maximum absolute atomic E-state index is 10.3. The van der Waals surface area contributed by atoms with Crippen molar-refractivity contribution in [2.75, 3.05) is 19.6 Å². The Labute approximate surface area is 130 Å². The highest BCUT2D eigenvalue weighted by atomic mass is 32.1. The summed E-state index contributed by atoms with van der Waals surface area (Å²) in [4.78, 5) is 6.99. The SMILES string of the molecule is Cc1csc(C2CCN(CC(O)c3ccccc3)CC2)n1. The predicted molar refractivity (Wildman–Crippen MR) is 86.7 cm³/mol. The smallest absolute Gasteiger partial charge is 0.0960 e. The molecule has 1 aliphatic rings. The first-order valence-electron chi connectivity index (χ1n) is 7.60. The average Bonchev–Trinajstić information content (AvgIpc) is 2.95. The third kappa shape index (κ3) is 3.70. The number of aliphatic hydroxyl groups excluding tert-OH is 1. The number of nitrogens with zero attached hydrogens (tertiary/aromatic N) is 2. The minimum Gasteiger partial charge on any atom is -0.387 e. The van der Waals surface area contributed by atoms with Gasteiger partial charge in [0.15, 0.2) is 0 Å². The molecule has 1 unspecified atom stereocenters. The predicted octanol–water partition coefficient (Wildman–Crippen LogP) is 3.36. The molecule has 2 aromatic rings. The van der Waals surface area contributed by atoms with Gasteiger partial charge in [0.1, 0.15) is 0 Å². The van der Waals surface area contributed by atoms with Gasteiger partial charge in [-0.2, -0.15) is 0 Å². The van der Waals surface area contributed by atoms with Crippen LogP contribution in [0.5, 0.6) is 0 Å². The van der Waals surface area contributed by atoms with Crippen molar-refractivity contribution in [1.29, 1.82) is 0 Å². The van der Waals surface area contributed by atoms with E-state index in [1.807, 2.05) is 30.3 Å². The van der Waals surface area contributed by atoms with Crippen molar-refractivity contribution in [2.45, 2.75) is 31.8 Å². The van der Waals surface area contributed by atoms with Crippen molar-refractivity contribution in [1.82, 2.24) is 9.88 Å². The van der Waals surface area contributed by atoms with Crippen molar-refractivity contribution in [3.8, 4) is 0 Å². The summed E-state index contributed by atoms with van der Waals surface area (Å²) in [6, 6.07) is 9.94. The van der Waals surface area contributed by atoms with Crippen molar-refractivity contribution in [2.24, 2.45) is 0 Å². The van der Waals surface area contributed by atoms with Gasteiger partial charge in [-0.1, -0.05) is 30.3 Å². The number of aromatic nitrogens is 1. The molecule has 1 aromatic carbocycles. The number of hydrogen-bond acceptors (Lipinski definition) is 4. The third-order valence-corrected chi connectivity index (χ3v) is 5.31. The number of likely N-dealkylation sites (tertiary alicyclic amines) is 1. The van der Waals surface area contributed by atoms with Gasteiger partial charge in [0.25, 0.3) is 0 Å². The molecule has 2 heterocycles. The monoisotopic (exact) mass is 302 g/mol. The second-order valence-electron chi connectivity index (χ2n) is 5.83. The lowest BCUT2D eigenvalue weighted by Crippen LogP contribution is -2.36. The summed E-state index contributed by atoms with van der Waals surface area (Å²) >= 11 is 1.79.